The molecular formula is C20H22N4O3S2. The Hall–Kier alpha value is -2.39. The third kappa shape index (κ3) is 4.62. The maximum atomic E-state index is 12.3. The Bertz CT molecular complexity index is 995. The van der Waals surface area contributed by atoms with E-state index in [1.165, 1.54) is 23.1 Å². The lowest BCUT2D eigenvalue weighted by atomic mass is 10.2. The zero-order valence-corrected chi connectivity index (χ0v) is 17.9. The van der Waals surface area contributed by atoms with Crippen molar-refractivity contribution in [1.82, 2.24) is 15.5 Å². The summed E-state index contributed by atoms with van der Waals surface area (Å²) in [4.78, 5) is 26.3. The van der Waals surface area contributed by atoms with Crippen LogP contribution < -0.4 is 10.2 Å². The summed E-state index contributed by atoms with van der Waals surface area (Å²) in [5.74, 6) is 0.909. The molecule has 1 saturated carbocycles. The van der Waals surface area contributed by atoms with Gasteiger partial charge in [-0.25, -0.2) is 0 Å². The molecule has 1 N–H and O–H groups in total. The van der Waals surface area contributed by atoms with Gasteiger partial charge in [-0.1, -0.05) is 48.2 Å². The Morgan fingerprint density at radius 3 is 2.86 bits per heavy atom. The average molecular weight is 431 g/mol. The Kier molecular flexibility index (Phi) is 5.86. The van der Waals surface area contributed by atoms with Crippen molar-refractivity contribution in [2.75, 3.05) is 10.7 Å². The average Bonchev–Trinajstić information content (AvgIpc) is 3.27. The van der Waals surface area contributed by atoms with Gasteiger partial charge in [-0.05, 0) is 31.9 Å². The molecule has 7 nitrogen and oxygen atoms in total. The van der Waals surface area contributed by atoms with Crippen LogP contribution in [0.2, 0.25) is 0 Å². The first-order valence-corrected chi connectivity index (χ1v) is 11.4. The summed E-state index contributed by atoms with van der Waals surface area (Å²) in [7, 11) is 0. The van der Waals surface area contributed by atoms with Gasteiger partial charge < -0.3 is 9.73 Å². The third-order valence-electron chi connectivity index (χ3n) is 4.66. The fraction of sp³-hybridized carbons (Fsp3) is 0.400. The Balaban J connectivity index is 1.32. The van der Waals surface area contributed by atoms with Crippen LogP contribution in [0, 0.1) is 0 Å². The highest BCUT2D eigenvalue weighted by atomic mass is 32.2. The molecule has 1 fully saturated rings. The zero-order chi connectivity index (χ0) is 20.4. The lowest BCUT2D eigenvalue weighted by Crippen LogP contribution is -2.32. The van der Waals surface area contributed by atoms with Gasteiger partial charge in [0.1, 0.15) is 11.3 Å². The molecule has 1 aliphatic rings. The molecule has 3 aromatic rings. The number of hydrogen-bond acceptors (Lipinski definition) is 7. The highest BCUT2D eigenvalue weighted by molar-refractivity contribution is 8.01. The highest BCUT2D eigenvalue weighted by Gasteiger charge is 2.35. The van der Waals surface area contributed by atoms with Crippen molar-refractivity contribution in [1.29, 1.82) is 0 Å². The molecule has 0 aliphatic heterocycles. The quantitative estimate of drug-likeness (QED) is 0.426. The molecule has 29 heavy (non-hydrogen) atoms. The van der Waals surface area contributed by atoms with Gasteiger partial charge in [0.05, 0.1) is 11.8 Å². The summed E-state index contributed by atoms with van der Waals surface area (Å²) >= 11 is 2.69. The fourth-order valence-electron chi connectivity index (χ4n) is 3.03. The summed E-state index contributed by atoms with van der Waals surface area (Å²) in [6, 6.07) is 9.73. The van der Waals surface area contributed by atoms with Gasteiger partial charge in [0, 0.05) is 17.8 Å². The number of benzene rings is 1. The number of amides is 2. The molecule has 2 heterocycles. The Morgan fingerprint density at radius 1 is 1.34 bits per heavy atom. The number of rotatable bonds is 8. The van der Waals surface area contributed by atoms with Gasteiger partial charge in [-0.15, -0.1) is 10.2 Å². The van der Waals surface area contributed by atoms with Crippen LogP contribution in [-0.4, -0.2) is 33.8 Å². The largest absolute Gasteiger partial charge is 0.459 e. The molecule has 152 valence electrons. The molecule has 0 unspecified atom stereocenters. The van der Waals surface area contributed by atoms with E-state index in [9.17, 15) is 9.59 Å². The molecule has 4 rings (SSSR count). The van der Waals surface area contributed by atoms with Gasteiger partial charge in [0.15, 0.2) is 4.34 Å². The first-order chi connectivity index (χ1) is 14.0. The van der Waals surface area contributed by atoms with Gasteiger partial charge in [-0.2, -0.15) is 0 Å². The highest BCUT2D eigenvalue weighted by Crippen LogP contribution is 2.36. The minimum Gasteiger partial charge on any atom is -0.459 e. The number of para-hydroxylation sites is 1. The van der Waals surface area contributed by atoms with E-state index in [0.717, 1.165) is 29.6 Å². The van der Waals surface area contributed by atoms with Crippen LogP contribution in [0.4, 0.5) is 5.13 Å². The van der Waals surface area contributed by atoms with E-state index in [2.05, 4.69) is 15.5 Å². The number of hydrogen-bond donors (Lipinski definition) is 1. The van der Waals surface area contributed by atoms with Gasteiger partial charge in [0.2, 0.25) is 16.9 Å². The lowest BCUT2D eigenvalue weighted by Gasteiger charge is -2.17. The number of fused-ring (bicyclic) bond motifs is 1. The van der Waals surface area contributed by atoms with Crippen molar-refractivity contribution in [2.24, 2.45) is 0 Å². The number of anilines is 1. The van der Waals surface area contributed by atoms with Gasteiger partial charge in [-0.3, -0.25) is 14.5 Å². The summed E-state index contributed by atoms with van der Waals surface area (Å²) in [6.45, 7) is 3.75. The van der Waals surface area contributed by atoms with E-state index in [0.29, 0.717) is 15.9 Å². The second kappa shape index (κ2) is 8.54. The van der Waals surface area contributed by atoms with E-state index < -0.39 is 0 Å². The summed E-state index contributed by atoms with van der Waals surface area (Å²) in [5.41, 5.74) is 0.807. The van der Waals surface area contributed by atoms with Crippen molar-refractivity contribution in [3.63, 3.8) is 0 Å². The molecule has 0 bridgehead atoms. The van der Waals surface area contributed by atoms with Crippen molar-refractivity contribution < 1.29 is 14.0 Å². The Morgan fingerprint density at radius 2 is 2.14 bits per heavy atom. The smallest absolute Gasteiger partial charge is 0.231 e. The van der Waals surface area contributed by atoms with Crippen LogP contribution in [-0.2, 0) is 9.59 Å². The number of carbonyl (C=O) groups excluding carboxylic acids is 2. The number of nitrogens with one attached hydrogen (secondary N) is 1. The standard InChI is InChI=1S/C20H22N4O3S2/c1-3-18(26)24(14-8-9-14)19-22-23-20(29-19)28-11-17(25)21-12(2)16-10-13-6-4-5-7-15(13)27-16/h4-7,10,12,14H,3,8-9,11H2,1-2H3,(H,21,25)/t12-/m1/s1. The summed E-state index contributed by atoms with van der Waals surface area (Å²) < 4.78 is 6.49. The molecule has 1 atom stereocenters. The zero-order valence-electron chi connectivity index (χ0n) is 16.3. The molecule has 0 radical (unpaired) electrons. The minimum atomic E-state index is -0.229. The van der Waals surface area contributed by atoms with Crippen molar-refractivity contribution in [2.45, 2.75) is 49.5 Å². The number of thioether (sulfide) groups is 1. The van der Waals surface area contributed by atoms with Crippen LogP contribution in [0.15, 0.2) is 39.1 Å². The fourth-order valence-corrected chi connectivity index (χ4v) is 4.77. The maximum Gasteiger partial charge on any atom is 0.231 e. The van der Waals surface area contributed by atoms with Gasteiger partial charge >= 0.3 is 0 Å². The Labute approximate surface area is 176 Å². The first-order valence-electron chi connectivity index (χ1n) is 9.61. The van der Waals surface area contributed by atoms with Gasteiger partial charge in [0.25, 0.3) is 0 Å². The molecular weight excluding hydrogens is 408 g/mol. The maximum absolute atomic E-state index is 12.3. The second-order valence-corrected chi connectivity index (χ2v) is 9.14. The number of furan rings is 1. The molecule has 9 heteroatoms. The van der Waals surface area contributed by atoms with E-state index in [1.54, 1.807) is 4.90 Å². The number of aromatic nitrogens is 2. The molecule has 1 aliphatic carbocycles. The van der Waals surface area contributed by atoms with Crippen LogP contribution in [0.25, 0.3) is 11.0 Å². The number of nitrogens with zero attached hydrogens (tertiary/aromatic N) is 3. The number of carbonyl (C=O) groups is 2. The molecule has 2 aromatic heterocycles. The van der Waals surface area contributed by atoms with E-state index >= 15 is 0 Å². The predicted molar refractivity (Wildman–Crippen MR) is 114 cm³/mol. The van der Waals surface area contributed by atoms with Crippen LogP contribution in [0.3, 0.4) is 0 Å². The molecule has 0 spiro atoms. The van der Waals surface area contributed by atoms with E-state index in [-0.39, 0.29) is 29.7 Å². The molecule has 1 aromatic carbocycles. The van der Waals surface area contributed by atoms with Crippen molar-refractivity contribution in [3.05, 3.63) is 36.1 Å². The first kappa shape index (κ1) is 19.9. The molecule has 0 saturated heterocycles. The van der Waals surface area contributed by atoms with E-state index in [4.69, 9.17) is 4.42 Å². The van der Waals surface area contributed by atoms with Crippen LogP contribution in [0.1, 0.15) is 44.9 Å². The molecule has 2 amide bonds. The van der Waals surface area contributed by atoms with E-state index in [1.807, 2.05) is 44.2 Å². The lowest BCUT2D eigenvalue weighted by molar-refractivity contribution is -0.119. The third-order valence-corrected chi connectivity index (χ3v) is 6.72. The second-order valence-electron chi connectivity index (χ2n) is 6.96. The van der Waals surface area contributed by atoms with Crippen molar-refractivity contribution >= 4 is 51.0 Å². The van der Waals surface area contributed by atoms with Crippen molar-refractivity contribution in [3.8, 4) is 0 Å². The normalized spacial score (nSPS) is 14.7. The minimum absolute atomic E-state index is 0.0672. The van der Waals surface area contributed by atoms with Crippen LogP contribution in [0.5, 0.6) is 0 Å². The summed E-state index contributed by atoms with van der Waals surface area (Å²) in [6.07, 6.45) is 2.46. The predicted octanol–water partition coefficient (Wildman–Crippen LogP) is 4.16. The topological polar surface area (TPSA) is 88.3 Å². The SMILES string of the molecule is CCC(=O)N(c1nnc(SCC(=O)N[C@H](C)c2cc3ccccc3o2)s1)C1CC1. The summed E-state index contributed by atoms with van der Waals surface area (Å²) in [5, 5.41) is 12.9. The van der Waals surface area contributed by atoms with Crippen LogP contribution >= 0.6 is 23.1 Å². The monoisotopic (exact) mass is 430 g/mol.